The predicted octanol–water partition coefficient (Wildman–Crippen LogP) is 3.79. The van der Waals surface area contributed by atoms with Crippen molar-refractivity contribution in [3.8, 4) is 11.6 Å². The summed E-state index contributed by atoms with van der Waals surface area (Å²) in [5.41, 5.74) is 1.66. The monoisotopic (exact) mass is 380 g/mol. The van der Waals surface area contributed by atoms with Crippen LogP contribution in [0.2, 0.25) is 0 Å². The van der Waals surface area contributed by atoms with Crippen LogP contribution in [-0.4, -0.2) is 32.7 Å². The minimum Gasteiger partial charge on any atom is -0.419 e. The van der Waals surface area contributed by atoms with Gasteiger partial charge in [0, 0.05) is 32.0 Å². The molecule has 7 nitrogen and oxygen atoms in total. The Bertz CT molecular complexity index is 915. The Labute approximate surface area is 163 Å². The van der Waals surface area contributed by atoms with Gasteiger partial charge in [-0.1, -0.05) is 41.9 Å². The predicted molar refractivity (Wildman–Crippen MR) is 102 cm³/mol. The van der Waals surface area contributed by atoms with Crippen molar-refractivity contribution >= 4 is 5.91 Å². The molecule has 1 amide bonds. The summed E-state index contributed by atoms with van der Waals surface area (Å²) < 4.78 is 10.7. The number of hydrogen-bond donors (Lipinski definition) is 0. The van der Waals surface area contributed by atoms with Crippen LogP contribution in [-0.2, 0) is 17.8 Å². The van der Waals surface area contributed by atoms with Gasteiger partial charge < -0.3 is 13.8 Å². The van der Waals surface area contributed by atoms with Crippen LogP contribution in [0.15, 0.2) is 45.3 Å². The van der Waals surface area contributed by atoms with Crippen LogP contribution < -0.4 is 0 Å². The molecule has 0 atom stereocenters. The maximum absolute atomic E-state index is 12.9. The summed E-state index contributed by atoms with van der Waals surface area (Å²) in [4.78, 5) is 14.9. The van der Waals surface area contributed by atoms with E-state index in [1.165, 1.54) is 19.3 Å². The third-order valence-corrected chi connectivity index (χ3v) is 5.14. The van der Waals surface area contributed by atoms with Gasteiger partial charge in [0.05, 0.1) is 0 Å². The molecule has 1 fully saturated rings. The Hall–Kier alpha value is -2.96. The Balaban J connectivity index is 1.37. The van der Waals surface area contributed by atoms with Gasteiger partial charge in [0.1, 0.15) is 5.76 Å². The lowest BCUT2D eigenvalue weighted by Gasteiger charge is -2.32. The molecule has 28 heavy (non-hydrogen) atoms. The van der Waals surface area contributed by atoms with Gasteiger partial charge in [-0.05, 0) is 31.2 Å². The number of aryl methyl sites for hydroxylation is 2. The molecular weight excluding hydrogens is 356 g/mol. The van der Waals surface area contributed by atoms with E-state index in [0.717, 1.165) is 12.1 Å². The van der Waals surface area contributed by atoms with Gasteiger partial charge in [-0.25, -0.2) is 0 Å². The van der Waals surface area contributed by atoms with Crippen LogP contribution in [0.3, 0.4) is 0 Å². The normalized spacial score (nSPS) is 14.0. The second-order valence-electron chi connectivity index (χ2n) is 7.38. The van der Waals surface area contributed by atoms with E-state index in [4.69, 9.17) is 8.94 Å². The molecule has 4 rings (SSSR count). The van der Waals surface area contributed by atoms with Crippen molar-refractivity contribution in [2.45, 2.75) is 45.6 Å². The number of carbonyl (C=O) groups is 1. The van der Waals surface area contributed by atoms with Gasteiger partial charge >= 0.3 is 0 Å². The Kier molecular flexibility index (Phi) is 5.50. The summed E-state index contributed by atoms with van der Waals surface area (Å²) >= 11 is 0. The minimum atomic E-state index is 0.118. The molecule has 2 heterocycles. The van der Waals surface area contributed by atoms with Gasteiger partial charge in [-0.15, -0.1) is 10.2 Å². The van der Waals surface area contributed by atoms with Crippen LogP contribution in [0.4, 0.5) is 0 Å². The molecule has 2 aromatic heterocycles. The van der Waals surface area contributed by atoms with Crippen molar-refractivity contribution in [1.82, 2.24) is 20.3 Å². The molecule has 0 aliphatic heterocycles. The first-order chi connectivity index (χ1) is 13.7. The van der Waals surface area contributed by atoms with Crippen molar-refractivity contribution in [2.24, 2.45) is 5.92 Å². The molecule has 1 aliphatic rings. The molecule has 3 aromatic rings. The van der Waals surface area contributed by atoms with Crippen LogP contribution >= 0.6 is 0 Å². The molecule has 146 valence electrons. The van der Waals surface area contributed by atoms with Crippen molar-refractivity contribution in [3.63, 3.8) is 0 Å². The summed E-state index contributed by atoms with van der Waals surface area (Å²) in [5, 5.41) is 11.9. The maximum atomic E-state index is 12.9. The first kappa shape index (κ1) is 18.4. The largest absolute Gasteiger partial charge is 0.419 e. The smallest absolute Gasteiger partial charge is 0.269 e. The molecule has 0 N–H and O–H groups in total. The number of carbonyl (C=O) groups excluding carboxylic acids is 1. The number of nitrogens with zero attached hydrogens (tertiary/aromatic N) is 4. The van der Waals surface area contributed by atoms with Crippen LogP contribution in [0.1, 0.15) is 42.9 Å². The van der Waals surface area contributed by atoms with E-state index in [1.54, 1.807) is 13.0 Å². The number of rotatable bonds is 8. The van der Waals surface area contributed by atoms with E-state index < -0.39 is 0 Å². The average molecular weight is 380 g/mol. The van der Waals surface area contributed by atoms with E-state index in [9.17, 15) is 4.79 Å². The second kappa shape index (κ2) is 8.37. The van der Waals surface area contributed by atoms with Gasteiger partial charge in [0.15, 0.2) is 5.69 Å². The van der Waals surface area contributed by atoms with Crippen molar-refractivity contribution in [1.29, 1.82) is 0 Å². The van der Waals surface area contributed by atoms with E-state index in [0.29, 0.717) is 48.5 Å². The molecule has 0 saturated heterocycles. The number of hydrogen-bond acceptors (Lipinski definition) is 6. The quantitative estimate of drug-likeness (QED) is 0.591. The molecular formula is C21H24N4O3. The maximum Gasteiger partial charge on any atom is 0.269 e. The fraction of sp³-hybridized carbons (Fsp3) is 0.429. The summed E-state index contributed by atoms with van der Waals surface area (Å²) in [7, 11) is 0. The topological polar surface area (TPSA) is 85.3 Å². The van der Waals surface area contributed by atoms with E-state index in [2.05, 4.69) is 27.5 Å². The minimum absolute atomic E-state index is 0.118. The average Bonchev–Trinajstić information content (AvgIpc) is 3.31. The lowest BCUT2D eigenvalue weighted by molar-refractivity contribution is -0.133. The standard InChI is InChI=1S/C21H24N4O3/c1-15-12-18(24-28-15)21-23-22-19(27-21)10-11-20(26)25(14-17-8-5-9-17)13-16-6-3-2-4-7-16/h2-4,6-7,12,17H,5,8-11,13-14H2,1H3. The molecule has 0 unspecified atom stereocenters. The van der Waals surface area contributed by atoms with Crippen molar-refractivity contribution in [3.05, 3.63) is 53.6 Å². The summed E-state index contributed by atoms with van der Waals surface area (Å²) in [6.45, 7) is 3.26. The van der Waals surface area contributed by atoms with Crippen molar-refractivity contribution in [2.75, 3.05) is 6.54 Å². The van der Waals surface area contributed by atoms with Crippen LogP contribution in [0, 0.1) is 12.8 Å². The molecule has 7 heteroatoms. The summed E-state index contributed by atoms with van der Waals surface area (Å²) in [5.74, 6) is 2.17. The van der Waals surface area contributed by atoms with Crippen LogP contribution in [0.5, 0.6) is 0 Å². The number of amides is 1. The lowest BCUT2D eigenvalue weighted by Crippen LogP contribution is -2.37. The molecule has 1 aromatic carbocycles. The fourth-order valence-electron chi connectivity index (χ4n) is 3.34. The summed E-state index contributed by atoms with van der Waals surface area (Å²) in [6.07, 6.45) is 4.45. The van der Waals surface area contributed by atoms with Gasteiger partial charge in [0.2, 0.25) is 11.8 Å². The number of benzene rings is 1. The molecule has 0 spiro atoms. The van der Waals surface area contributed by atoms with Gasteiger partial charge in [0.25, 0.3) is 5.89 Å². The first-order valence-corrected chi connectivity index (χ1v) is 9.75. The molecule has 1 saturated carbocycles. The first-order valence-electron chi connectivity index (χ1n) is 9.75. The highest BCUT2D eigenvalue weighted by Gasteiger charge is 2.24. The Morgan fingerprint density at radius 3 is 2.71 bits per heavy atom. The highest BCUT2D eigenvalue weighted by molar-refractivity contribution is 5.76. The zero-order valence-corrected chi connectivity index (χ0v) is 16.0. The SMILES string of the molecule is Cc1cc(-c2nnc(CCC(=O)N(Cc3ccccc3)CC3CCC3)o2)no1. The third kappa shape index (κ3) is 4.47. The Morgan fingerprint density at radius 2 is 2.04 bits per heavy atom. The zero-order valence-electron chi connectivity index (χ0n) is 16.0. The third-order valence-electron chi connectivity index (χ3n) is 5.14. The highest BCUT2D eigenvalue weighted by atomic mass is 16.5. The fourth-order valence-corrected chi connectivity index (χ4v) is 3.34. The molecule has 0 radical (unpaired) electrons. The van der Waals surface area contributed by atoms with Gasteiger partial charge in [-0.3, -0.25) is 4.79 Å². The van der Waals surface area contributed by atoms with Crippen molar-refractivity contribution < 1.29 is 13.7 Å². The summed E-state index contributed by atoms with van der Waals surface area (Å²) in [6, 6.07) is 11.9. The number of aromatic nitrogens is 3. The Morgan fingerprint density at radius 1 is 1.21 bits per heavy atom. The van der Waals surface area contributed by atoms with E-state index in [-0.39, 0.29) is 5.91 Å². The second-order valence-corrected chi connectivity index (χ2v) is 7.38. The zero-order chi connectivity index (χ0) is 19.3. The van der Waals surface area contributed by atoms with E-state index >= 15 is 0 Å². The lowest BCUT2D eigenvalue weighted by atomic mass is 9.85. The molecule has 0 bridgehead atoms. The van der Waals surface area contributed by atoms with E-state index in [1.807, 2.05) is 23.1 Å². The highest BCUT2D eigenvalue weighted by Crippen LogP contribution is 2.28. The van der Waals surface area contributed by atoms with Crippen LogP contribution in [0.25, 0.3) is 11.6 Å². The van der Waals surface area contributed by atoms with Gasteiger partial charge in [-0.2, -0.15) is 0 Å². The molecule has 1 aliphatic carbocycles.